The Hall–Kier alpha value is -3.81. The van der Waals surface area contributed by atoms with E-state index in [0.717, 1.165) is 41.1 Å². The Bertz CT molecular complexity index is 1310. The number of hydrogen-bond donors (Lipinski definition) is 1. The van der Waals surface area contributed by atoms with Crippen LogP contribution >= 0.6 is 0 Å². The Kier molecular flexibility index (Phi) is 4.82. The Morgan fingerprint density at radius 1 is 1.00 bits per heavy atom. The third kappa shape index (κ3) is 3.50. The molecule has 2 aromatic carbocycles. The molecule has 0 saturated carbocycles. The summed E-state index contributed by atoms with van der Waals surface area (Å²) in [4.78, 5) is 4.71. The fraction of sp³-hybridized carbons (Fsp3) is 0.261. The standard InChI is InChI=1S/C23H24N8/c1-4-21-24-23-20(15(2)3)14-30(31(23)27-21)13-16-9-11-17(12-10-16)18-7-5-6-8-19(18)22-25-28-29-26-22/h5-12,14-15H,4,13H2,1-3H3,(H,25,26,28,29). The number of H-pyrrole nitrogens is 1. The number of aromatic nitrogens is 8. The second-order valence-corrected chi connectivity index (χ2v) is 7.91. The van der Waals surface area contributed by atoms with Gasteiger partial charge in [0, 0.05) is 23.7 Å². The first-order valence-electron chi connectivity index (χ1n) is 10.5. The van der Waals surface area contributed by atoms with Crippen LogP contribution in [0.25, 0.3) is 28.2 Å². The molecule has 0 aliphatic heterocycles. The summed E-state index contributed by atoms with van der Waals surface area (Å²) in [6.07, 6.45) is 2.99. The maximum atomic E-state index is 4.71. The quantitative estimate of drug-likeness (QED) is 0.453. The normalized spacial score (nSPS) is 11.6. The van der Waals surface area contributed by atoms with Gasteiger partial charge in [-0.2, -0.15) is 9.84 Å². The van der Waals surface area contributed by atoms with E-state index in [1.807, 2.05) is 22.8 Å². The number of nitrogens with zero attached hydrogens (tertiary/aromatic N) is 7. The number of rotatable bonds is 6. The van der Waals surface area contributed by atoms with E-state index in [-0.39, 0.29) is 0 Å². The van der Waals surface area contributed by atoms with Crippen LogP contribution in [0.5, 0.6) is 0 Å². The van der Waals surface area contributed by atoms with Gasteiger partial charge in [0.15, 0.2) is 11.5 Å². The van der Waals surface area contributed by atoms with E-state index in [2.05, 4.69) is 87.7 Å². The minimum Gasteiger partial charge on any atom is -0.266 e. The van der Waals surface area contributed by atoms with Crippen LogP contribution in [0.15, 0.2) is 54.7 Å². The van der Waals surface area contributed by atoms with Gasteiger partial charge in [-0.05, 0) is 27.8 Å². The molecule has 156 valence electrons. The second kappa shape index (κ2) is 7.79. The van der Waals surface area contributed by atoms with Crippen molar-refractivity contribution in [2.75, 3.05) is 0 Å². The summed E-state index contributed by atoms with van der Waals surface area (Å²) in [6, 6.07) is 16.7. The third-order valence-electron chi connectivity index (χ3n) is 5.49. The average Bonchev–Trinajstić information content (AvgIpc) is 3.52. The molecule has 0 amide bonds. The molecule has 5 rings (SSSR count). The summed E-state index contributed by atoms with van der Waals surface area (Å²) in [5, 5.41) is 19.2. The number of aromatic amines is 1. The molecule has 0 aliphatic rings. The van der Waals surface area contributed by atoms with E-state index in [1.54, 1.807) is 0 Å². The topological polar surface area (TPSA) is 89.6 Å². The number of hydrogen-bond acceptors (Lipinski definition) is 5. The monoisotopic (exact) mass is 412 g/mol. The number of aryl methyl sites for hydroxylation is 1. The molecule has 31 heavy (non-hydrogen) atoms. The van der Waals surface area contributed by atoms with Crippen molar-refractivity contribution < 1.29 is 0 Å². The Morgan fingerprint density at radius 3 is 2.45 bits per heavy atom. The Morgan fingerprint density at radius 2 is 1.77 bits per heavy atom. The van der Waals surface area contributed by atoms with Crippen LogP contribution in [-0.4, -0.2) is 40.0 Å². The van der Waals surface area contributed by atoms with Crippen molar-refractivity contribution in [1.29, 1.82) is 0 Å². The van der Waals surface area contributed by atoms with Gasteiger partial charge in [0.2, 0.25) is 5.82 Å². The molecule has 5 aromatic rings. The molecular formula is C23H24N8. The average molecular weight is 413 g/mol. The van der Waals surface area contributed by atoms with Crippen LogP contribution in [0.4, 0.5) is 0 Å². The molecule has 8 heteroatoms. The van der Waals surface area contributed by atoms with Crippen molar-refractivity contribution in [3.05, 3.63) is 71.7 Å². The first-order valence-corrected chi connectivity index (χ1v) is 10.5. The van der Waals surface area contributed by atoms with Gasteiger partial charge in [-0.15, -0.1) is 15.3 Å². The van der Waals surface area contributed by atoms with E-state index in [1.165, 1.54) is 11.1 Å². The first-order chi connectivity index (χ1) is 15.1. The zero-order valence-electron chi connectivity index (χ0n) is 17.8. The van der Waals surface area contributed by atoms with Crippen LogP contribution < -0.4 is 0 Å². The van der Waals surface area contributed by atoms with E-state index < -0.39 is 0 Å². The highest BCUT2D eigenvalue weighted by molar-refractivity contribution is 5.80. The van der Waals surface area contributed by atoms with Gasteiger partial charge < -0.3 is 0 Å². The third-order valence-corrected chi connectivity index (χ3v) is 5.49. The lowest BCUT2D eigenvalue weighted by molar-refractivity contribution is 0.579. The lowest BCUT2D eigenvalue weighted by atomic mass is 9.98. The molecule has 0 unspecified atom stereocenters. The summed E-state index contributed by atoms with van der Waals surface area (Å²) in [5.74, 6) is 1.86. The van der Waals surface area contributed by atoms with Crippen molar-refractivity contribution in [2.24, 2.45) is 0 Å². The molecule has 3 heterocycles. The molecule has 0 bridgehead atoms. The van der Waals surface area contributed by atoms with Crippen molar-refractivity contribution in [1.82, 2.24) is 40.0 Å². The van der Waals surface area contributed by atoms with Gasteiger partial charge in [0.25, 0.3) is 0 Å². The molecular weight excluding hydrogens is 388 g/mol. The molecule has 0 atom stereocenters. The van der Waals surface area contributed by atoms with Gasteiger partial charge >= 0.3 is 0 Å². The van der Waals surface area contributed by atoms with Gasteiger partial charge in [0.1, 0.15) is 0 Å². The highest BCUT2D eigenvalue weighted by Gasteiger charge is 2.16. The smallest absolute Gasteiger partial charge is 0.205 e. The van der Waals surface area contributed by atoms with E-state index in [9.17, 15) is 0 Å². The maximum absolute atomic E-state index is 4.71. The summed E-state index contributed by atoms with van der Waals surface area (Å²) >= 11 is 0. The number of nitrogens with one attached hydrogen (secondary N) is 1. The van der Waals surface area contributed by atoms with Crippen LogP contribution in [0.2, 0.25) is 0 Å². The molecule has 3 aromatic heterocycles. The van der Waals surface area contributed by atoms with Crippen molar-refractivity contribution >= 4 is 5.65 Å². The predicted octanol–water partition coefficient (Wildman–Crippen LogP) is 4.11. The van der Waals surface area contributed by atoms with Crippen molar-refractivity contribution in [2.45, 2.75) is 39.7 Å². The molecule has 0 spiro atoms. The van der Waals surface area contributed by atoms with Gasteiger partial charge in [-0.3, -0.25) is 4.68 Å². The van der Waals surface area contributed by atoms with E-state index >= 15 is 0 Å². The molecule has 0 fully saturated rings. The van der Waals surface area contributed by atoms with Crippen LogP contribution in [0, 0.1) is 0 Å². The van der Waals surface area contributed by atoms with Crippen LogP contribution in [0.1, 0.15) is 43.6 Å². The van der Waals surface area contributed by atoms with Crippen LogP contribution in [-0.2, 0) is 13.0 Å². The van der Waals surface area contributed by atoms with Gasteiger partial charge in [-0.1, -0.05) is 69.3 Å². The highest BCUT2D eigenvalue weighted by Crippen LogP contribution is 2.30. The largest absolute Gasteiger partial charge is 0.266 e. The maximum Gasteiger partial charge on any atom is 0.205 e. The fourth-order valence-corrected chi connectivity index (χ4v) is 3.83. The number of fused-ring (bicyclic) bond motifs is 1. The molecule has 0 radical (unpaired) electrons. The SMILES string of the molecule is CCc1nc2c(C(C)C)cn(Cc3ccc(-c4ccccc4-c4nn[nH]n4)cc3)n2n1. The molecule has 0 aliphatic carbocycles. The molecule has 1 N–H and O–H groups in total. The number of benzene rings is 2. The Balaban J connectivity index is 1.47. The fourth-order valence-electron chi connectivity index (χ4n) is 3.83. The minimum absolute atomic E-state index is 0.390. The lowest BCUT2D eigenvalue weighted by Gasteiger charge is -2.09. The zero-order valence-corrected chi connectivity index (χ0v) is 17.8. The highest BCUT2D eigenvalue weighted by atomic mass is 15.5. The van der Waals surface area contributed by atoms with E-state index in [4.69, 9.17) is 4.98 Å². The van der Waals surface area contributed by atoms with Crippen molar-refractivity contribution in [3.63, 3.8) is 0 Å². The molecule has 8 nitrogen and oxygen atoms in total. The second-order valence-electron chi connectivity index (χ2n) is 7.91. The first kappa shape index (κ1) is 19.2. The zero-order chi connectivity index (χ0) is 21.4. The predicted molar refractivity (Wildman–Crippen MR) is 119 cm³/mol. The summed E-state index contributed by atoms with van der Waals surface area (Å²) in [5.41, 5.74) is 6.51. The molecule has 0 saturated heterocycles. The number of tetrazole rings is 1. The lowest BCUT2D eigenvalue weighted by Crippen LogP contribution is -2.07. The Labute approximate surface area is 179 Å². The minimum atomic E-state index is 0.390. The van der Waals surface area contributed by atoms with E-state index in [0.29, 0.717) is 11.7 Å². The summed E-state index contributed by atoms with van der Waals surface area (Å²) in [6.45, 7) is 7.19. The van der Waals surface area contributed by atoms with Crippen molar-refractivity contribution in [3.8, 4) is 22.5 Å². The summed E-state index contributed by atoms with van der Waals surface area (Å²) < 4.78 is 4.08. The van der Waals surface area contributed by atoms with Crippen LogP contribution in [0.3, 0.4) is 0 Å². The summed E-state index contributed by atoms with van der Waals surface area (Å²) in [7, 11) is 0. The van der Waals surface area contributed by atoms with Gasteiger partial charge in [0.05, 0.1) is 6.54 Å². The van der Waals surface area contributed by atoms with Gasteiger partial charge in [-0.25, -0.2) is 4.98 Å².